The lowest BCUT2D eigenvalue weighted by molar-refractivity contribution is -0.145. The molecule has 5 N–H and O–H groups in total. The first-order valence-electron chi connectivity index (χ1n) is 17.5. The molecule has 1 saturated heterocycles. The second-order valence-electron chi connectivity index (χ2n) is 14.4. The van der Waals surface area contributed by atoms with Crippen molar-refractivity contribution in [3.8, 4) is 5.75 Å². The number of carbonyl (C=O) groups is 6. The van der Waals surface area contributed by atoms with Crippen molar-refractivity contribution >= 4 is 46.1 Å². The third-order valence-corrected chi connectivity index (χ3v) is 9.09. The van der Waals surface area contributed by atoms with Gasteiger partial charge in [0.05, 0.1) is 12.6 Å². The van der Waals surface area contributed by atoms with Gasteiger partial charge in [-0.15, -0.1) is 0 Å². The Labute approximate surface area is 296 Å². The van der Waals surface area contributed by atoms with Crippen molar-refractivity contribution in [2.24, 2.45) is 5.41 Å². The molecule has 0 radical (unpaired) electrons. The molecule has 14 nitrogen and oxygen atoms in total. The average Bonchev–Trinajstić information content (AvgIpc) is 3.54. The van der Waals surface area contributed by atoms with Crippen LogP contribution in [-0.2, 0) is 24.0 Å². The van der Waals surface area contributed by atoms with E-state index in [2.05, 4.69) is 31.2 Å². The first kappa shape index (κ1) is 37.0. The highest BCUT2D eigenvalue weighted by atomic mass is 16.5. The quantitative estimate of drug-likeness (QED) is 0.158. The number of nitrogens with one attached hydrogen (secondary N) is 5. The molecule has 1 aliphatic carbocycles. The Balaban J connectivity index is 1.38. The fourth-order valence-corrected chi connectivity index (χ4v) is 6.12. The molecule has 14 heteroatoms. The second-order valence-corrected chi connectivity index (χ2v) is 14.4. The number of carbonyl (C=O) groups excluding carboxylic acids is 6. The van der Waals surface area contributed by atoms with Crippen molar-refractivity contribution in [3.05, 3.63) is 60.7 Å². The third kappa shape index (κ3) is 9.10. The monoisotopic (exact) mass is 701 g/mol. The molecule has 0 spiro atoms. The van der Waals surface area contributed by atoms with Gasteiger partial charge in [-0.1, -0.05) is 70.5 Å². The fourth-order valence-electron chi connectivity index (χ4n) is 6.12. The van der Waals surface area contributed by atoms with Crippen LogP contribution in [0.5, 0.6) is 5.75 Å². The molecule has 0 bridgehead atoms. The minimum Gasteiger partial charge on any atom is -0.488 e. The largest absolute Gasteiger partial charge is 0.488 e. The predicted molar refractivity (Wildman–Crippen MR) is 188 cm³/mol. The van der Waals surface area contributed by atoms with E-state index in [1.54, 1.807) is 20.8 Å². The zero-order valence-corrected chi connectivity index (χ0v) is 29.7. The summed E-state index contributed by atoms with van der Waals surface area (Å²) in [6.45, 7) is 8.70. The van der Waals surface area contributed by atoms with Crippen molar-refractivity contribution in [3.63, 3.8) is 0 Å². The summed E-state index contributed by atoms with van der Waals surface area (Å²) in [5.41, 5.74) is -0.825. The molecule has 2 aromatic carbocycles. The molecule has 272 valence electrons. The number of rotatable bonds is 14. The number of ketones is 1. The Kier molecular flexibility index (Phi) is 11.4. The summed E-state index contributed by atoms with van der Waals surface area (Å²) in [6, 6.07) is 9.04. The molecule has 3 aromatic rings. The number of fused-ring (bicyclic) bond motifs is 1. The fraction of sp³-hybridized carbons (Fsp3) is 0.486. The number of amides is 5. The minimum atomic E-state index is -1.11. The highest BCUT2D eigenvalue weighted by Crippen LogP contribution is 2.31. The molecule has 1 aromatic heterocycles. The summed E-state index contributed by atoms with van der Waals surface area (Å²) in [4.78, 5) is 88.3. The molecule has 0 unspecified atom stereocenters. The molecular formula is C37H47N7O7. The number of Topliss-reactive ketones (excluding diaryl/α,β-unsaturated/α-hetero) is 1. The van der Waals surface area contributed by atoms with Gasteiger partial charge in [0.2, 0.25) is 23.5 Å². The van der Waals surface area contributed by atoms with Crippen LogP contribution >= 0.6 is 0 Å². The number of H-pyrrole nitrogens is 1. The van der Waals surface area contributed by atoms with E-state index in [0.29, 0.717) is 12.2 Å². The first-order chi connectivity index (χ1) is 24.3. The number of imidazole rings is 1. The predicted octanol–water partition coefficient (Wildman–Crippen LogP) is 2.39. The van der Waals surface area contributed by atoms with Crippen molar-refractivity contribution < 1.29 is 33.5 Å². The van der Waals surface area contributed by atoms with Crippen molar-refractivity contribution in [2.45, 2.75) is 103 Å². The van der Waals surface area contributed by atoms with E-state index in [-0.39, 0.29) is 31.3 Å². The molecule has 51 heavy (non-hydrogen) atoms. The number of benzene rings is 2. The zero-order chi connectivity index (χ0) is 36.9. The summed E-state index contributed by atoms with van der Waals surface area (Å²) in [6.07, 6.45) is 4.76. The van der Waals surface area contributed by atoms with E-state index in [0.717, 1.165) is 23.6 Å². The van der Waals surface area contributed by atoms with Gasteiger partial charge in [0.15, 0.2) is 5.82 Å². The molecule has 5 amide bonds. The first-order valence-corrected chi connectivity index (χ1v) is 17.5. The van der Waals surface area contributed by atoms with E-state index in [1.165, 1.54) is 24.2 Å². The van der Waals surface area contributed by atoms with Gasteiger partial charge in [-0.25, -0.2) is 4.98 Å². The molecular weight excluding hydrogens is 654 g/mol. The zero-order valence-electron chi connectivity index (χ0n) is 29.7. The highest BCUT2D eigenvalue weighted by molar-refractivity contribution is 6.38. The van der Waals surface area contributed by atoms with E-state index in [1.807, 2.05) is 49.4 Å². The van der Waals surface area contributed by atoms with Crippen LogP contribution in [0.4, 0.5) is 0 Å². The molecule has 2 heterocycles. The maximum atomic E-state index is 14.5. The number of ether oxygens (including phenoxy) is 1. The smallest absolute Gasteiger partial charge is 0.289 e. The van der Waals surface area contributed by atoms with Gasteiger partial charge in [0.1, 0.15) is 30.0 Å². The maximum absolute atomic E-state index is 14.5. The number of hydrogen-bond donors (Lipinski definition) is 5. The Morgan fingerprint density at radius 2 is 1.73 bits per heavy atom. The van der Waals surface area contributed by atoms with Gasteiger partial charge in [-0.2, -0.15) is 0 Å². The van der Waals surface area contributed by atoms with Crippen LogP contribution in [0, 0.1) is 5.41 Å². The van der Waals surface area contributed by atoms with Gasteiger partial charge >= 0.3 is 0 Å². The minimum absolute atomic E-state index is 0.0158. The van der Waals surface area contributed by atoms with Crippen LogP contribution in [0.1, 0.15) is 77.3 Å². The Morgan fingerprint density at radius 3 is 2.39 bits per heavy atom. The van der Waals surface area contributed by atoms with Crippen molar-refractivity contribution in [1.29, 1.82) is 0 Å². The molecule has 2 fully saturated rings. The van der Waals surface area contributed by atoms with Crippen LogP contribution < -0.4 is 26.0 Å². The topological polar surface area (TPSA) is 192 Å². The lowest BCUT2D eigenvalue weighted by atomic mass is 9.85. The van der Waals surface area contributed by atoms with Crippen molar-refractivity contribution in [1.82, 2.24) is 36.1 Å². The number of aromatic nitrogens is 2. The lowest BCUT2D eigenvalue weighted by Gasteiger charge is -2.36. The molecule has 5 atom stereocenters. The van der Waals surface area contributed by atoms with E-state index < -0.39 is 71.0 Å². The van der Waals surface area contributed by atoms with E-state index >= 15 is 0 Å². The normalized spacial score (nSPS) is 19.0. The number of likely N-dealkylation sites (tertiary alicyclic amines) is 1. The lowest BCUT2D eigenvalue weighted by Crippen LogP contribution is -2.60. The summed E-state index contributed by atoms with van der Waals surface area (Å²) in [5, 5.41) is 12.7. The van der Waals surface area contributed by atoms with Gasteiger partial charge < -0.3 is 35.9 Å². The van der Waals surface area contributed by atoms with E-state index in [9.17, 15) is 28.8 Å². The van der Waals surface area contributed by atoms with Crippen LogP contribution in [0.3, 0.4) is 0 Å². The van der Waals surface area contributed by atoms with Gasteiger partial charge in [0, 0.05) is 30.2 Å². The van der Waals surface area contributed by atoms with E-state index in [4.69, 9.17) is 4.74 Å². The Bertz CT molecular complexity index is 1760. The standard InChI is InChI=1S/C37H47N7O7/c1-6-10-26(29(45)34(48)41-23-15-16-23)42-33(47)27-19-24(51-28-14-9-12-22-11-7-8-13-25(22)28)20-44(27)36(50)30(37(3,4)5)43-32(46)21(2)40-35(49)31-38-17-18-39-31/h7-9,11-14,17-18,21,23-24,26-27,30H,6,10,15-16,19-20H2,1-5H3,(H,38,39)(H,40,49)(H,41,48)(H,42,47)(H,43,46)/t21-,24+,26-,27-,30+/m0/s1. The molecule has 5 rings (SSSR count). The summed E-state index contributed by atoms with van der Waals surface area (Å²) < 4.78 is 6.45. The summed E-state index contributed by atoms with van der Waals surface area (Å²) in [5.74, 6) is -3.19. The van der Waals surface area contributed by atoms with Gasteiger partial charge in [-0.05, 0) is 43.1 Å². The summed E-state index contributed by atoms with van der Waals surface area (Å²) >= 11 is 0. The SMILES string of the molecule is CCC[C@H](NC(=O)[C@@H]1C[C@@H](Oc2cccc3ccccc23)CN1C(=O)[C@@H](NC(=O)[C@H](C)NC(=O)c1ncc[nH]1)C(C)(C)C)C(=O)C(=O)NC1CC1. The highest BCUT2D eigenvalue weighted by Gasteiger charge is 2.47. The van der Waals surface area contributed by atoms with Gasteiger partial charge in [-0.3, -0.25) is 28.8 Å². The molecule has 2 aliphatic rings. The van der Waals surface area contributed by atoms with Crippen LogP contribution in [-0.4, -0.2) is 93.0 Å². The summed E-state index contributed by atoms with van der Waals surface area (Å²) in [7, 11) is 0. The van der Waals surface area contributed by atoms with Gasteiger partial charge in [0.25, 0.3) is 11.8 Å². The third-order valence-electron chi connectivity index (χ3n) is 9.09. The number of hydrogen-bond acceptors (Lipinski definition) is 8. The van der Waals surface area contributed by atoms with Crippen LogP contribution in [0.25, 0.3) is 10.8 Å². The van der Waals surface area contributed by atoms with Crippen LogP contribution in [0.2, 0.25) is 0 Å². The second kappa shape index (κ2) is 15.7. The van der Waals surface area contributed by atoms with Crippen LogP contribution in [0.15, 0.2) is 54.9 Å². The molecule has 1 saturated carbocycles. The maximum Gasteiger partial charge on any atom is 0.289 e. The number of nitrogens with zero attached hydrogens (tertiary/aromatic N) is 2. The Hall–Kier alpha value is -5.27. The number of aromatic amines is 1. The van der Waals surface area contributed by atoms with Crippen molar-refractivity contribution in [2.75, 3.05) is 6.54 Å². The average molecular weight is 702 g/mol. The molecule has 1 aliphatic heterocycles. The Morgan fingerprint density at radius 1 is 1.00 bits per heavy atom.